The molecule has 0 aliphatic heterocycles. The minimum atomic E-state index is 0.0810. The van der Waals surface area contributed by atoms with Crippen LogP contribution in [0.2, 0.25) is 0 Å². The molecule has 0 saturated heterocycles. The first-order valence-electron chi connectivity index (χ1n) is 4.88. The molecule has 0 saturated carbocycles. The Morgan fingerprint density at radius 2 is 2.06 bits per heavy atom. The molecule has 1 heterocycles. The Labute approximate surface area is 117 Å². The second-order valence-corrected chi connectivity index (χ2v) is 5.39. The summed E-state index contributed by atoms with van der Waals surface area (Å²) in [6.45, 7) is 0. The zero-order valence-electron chi connectivity index (χ0n) is 8.71. The highest BCUT2D eigenvalue weighted by molar-refractivity contribution is 14.1. The minimum Gasteiger partial charge on any atom is -0.466 e. The molecule has 0 amide bonds. The van der Waals surface area contributed by atoms with Crippen molar-refractivity contribution in [1.29, 1.82) is 0 Å². The van der Waals surface area contributed by atoms with E-state index in [4.69, 9.17) is 4.42 Å². The Balaban J connectivity index is 2.45. The van der Waals surface area contributed by atoms with E-state index in [1.165, 1.54) is 9.13 Å². The van der Waals surface area contributed by atoms with E-state index in [9.17, 15) is 0 Å². The third-order valence-corrected chi connectivity index (χ3v) is 4.05. The summed E-state index contributed by atoms with van der Waals surface area (Å²) in [5, 5.41) is 3.27. The number of benzene rings is 1. The van der Waals surface area contributed by atoms with Gasteiger partial charge in [0.15, 0.2) is 0 Å². The van der Waals surface area contributed by atoms with Crippen molar-refractivity contribution >= 4 is 38.5 Å². The van der Waals surface area contributed by atoms with Crippen molar-refractivity contribution in [3.05, 3.63) is 56.0 Å². The van der Waals surface area contributed by atoms with Crippen LogP contribution in [-0.2, 0) is 0 Å². The average Bonchev–Trinajstić information content (AvgIpc) is 2.69. The van der Waals surface area contributed by atoms with Gasteiger partial charge in [0.2, 0.25) is 0 Å². The molecule has 2 rings (SSSR count). The first-order chi connectivity index (χ1) is 7.74. The zero-order valence-corrected chi connectivity index (χ0v) is 12.4. The fourth-order valence-corrected chi connectivity index (χ4v) is 2.78. The normalized spacial score (nSPS) is 12.7. The minimum absolute atomic E-state index is 0.0810. The van der Waals surface area contributed by atoms with Gasteiger partial charge in [0.1, 0.15) is 5.76 Å². The monoisotopic (exact) mass is 391 g/mol. The number of rotatable bonds is 3. The van der Waals surface area contributed by atoms with Crippen LogP contribution in [0.15, 0.2) is 45.5 Å². The Bertz CT molecular complexity index is 483. The molecule has 0 aliphatic carbocycles. The lowest BCUT2D eigenvalue weighted by molar-refractivity contribution is 0.460. The lowest BCUT2D eigenvalue weighted by Crippen LogP contribution is -2.18. The van der Waals surface area contributed by atoms with Gasteiger partial charge in [0.05, 0.1) is 16.8 Å². The van der Waals surface area contributed by atoms with Gasteiger partial charge in [0.25, 0.3) is 0 Å². The molecule has 1 unspecified atom stereocenters. The average molecular weight is 392 g/mol. The van der Waals surface area contributed by atoms with Gasteiger partial charge in [-0.25, -0.2) is 0 Å². The van der Waals surface area contributed by atoms with E-state index in [0.29, 0.717) is 0 Å². The zero-order chi connectivity index (χ0) is 11.5. The summed E-state index contributed by atoms with van der Waals surface area (Å²) in [6.07, 6.45) is 1.69. The van der Waals surface area contributed by atoms with Gasteiger partial charge in [0, 0.05) is 3.57 Å². The van der Waals surface area contributed by atoms with Crippen LogP contribution in [0.1, 0.15) is 17.4 Å². The first-order valence-corrected chi connectivity index (χ1v) is 6.75. The van der Waals surface area contributed by atoms with E-state index in [1.54, 1.807) is 6.26 Å². The molecule has 2 nitrogen and oxygen atoms in total. The van der Waals surface area contributed by atoms with Gasteiger partial charge in [-0.3, -0.25) is 0 Å². The first kappa shape index (κ1) is 12.1. The summed E-state index contributed by atoms with van der Waals surface area (Å²) in [6, 6.07) is 10.3. The maximum absolute atomic E-state index is 5.51. The summed E-state index contributed by atoms with van der Waals surface area (Å²) in [5.41, 5.74) is 1.22. The molecular formula is C12H11BrINO. The van der Waals surface area contributed by atoms with Crippen LogP contribution in [-0.4, -0.2) is 7.05 Å². The molecule has 0 radical (unpaired) electrons. The van der Waals surface area contributed by atoms with E-state index in [1.807, 2.05) is 25.2 Å². The van der Waals surface area contributed by atoms with Crippen molar-refractivity contribution in [3.8, 4) is 0 Å². The van der Waals surface area contributed by atoms with Crippen molar-refractivity contribution in [2.75, 3.05) is 7.05 Å². The molecule has 84 valence electrons. The quantitative estimate of drug-likeness (QED) is 0.801. The van der Waals surface area contributed by atoms with Crippen LogP contribution in [0.3, 0.4) is 0 Å². The predicted octanol–water partition coefficient (Wildman–Crippen LogP) is 3.96. The molecule has 0 bridgehead atoms. The van der Waals surface area contributed by atoms with E-state index in [2.05, 4.69) is 56.0 Å². The standard InChI is InChI=1S/C12H11BrINO/c1-15-11(12-9(13)6-7-16-12)8-4-2-3-5-10(8)14/h2-7,11,15H,1H3. The molecule has 16 heavy (non-hydrogen) atoms. The largest absolute Gasteiger partial charge is 0.466 e. The van der Waals surface area contributed by atoms with Crippen molar-refractivity contribution in [2.24, 2.45) is 0 Å². The maximum atomic E-state index is 5.51. The van der Waals surface area contributed by atoms with Gasteiger partial charge < -0.3 is 9.73 Å². The van der Waals surface area contributed by atoms with E-state index in [0.717, 1.165) is 10.2 Å². The van der Waals surface area contributed by atoms with Crippen molar-refractivity contribution in [3.63, 3.8) is 0 Å². The number of nitrogens with one attached hydrogen (secondary N) is 1. The number of halogens is 2. The molecular weight excluding hydrogens is 381 g/mol. The molecule has 1 N–H and O–H groups in total. The topological polar surface area (TPSA) is 25.2 Å². The van der Waals surface area contributed by atoms with Gasteiger partial charge in [-0.2, -0.15) is 0 Å². The van der Waals surface area contributed by atoms with E-state index < -0.39 is 0 Å². The molecule has 0 aliphatic rings. The predicted molar refractivity (Wildman–Crippen MR) is 76.5 cm³/mol. The Morgan fingerprint density at radius 3 is 2.62 bits per heavy atom. The molecule has 0 spiro atoms. The number of furan rings is 1. The van der Waals surface area contributed by atoms with Crippen LogP contribution in [0.5, 0.6) is 0 Å². The van der Waals surface area contributed by atoms with Gasteiger partial charge in [-0.15, -0.1) is 0 Å². The second kappa shape index (κ2) is 5.33. The van der Waals surface area contributed by atoms with Crippen molar-refractivity contribution in [2.45, 2.75) is 6.04 Å². The lowest BCUT2D eigenvalue weighted by atomic mass is 10.1. The highest BCUT2D eigenvalue weighted by Gasteiger charge is 2.19. The van der Waals surface area contributed by atoms with Gasteiger partial charge >= 0.3 is 0 Å². The Kier molecular flexibility index (Phi) is 4.05. The fraction of sp³-hybridized carbons (Fsp3) is 0.167. The maximum Gasteiger partial charge on any atom is 0.139 e. The molecule has 2 aromatic rings. The van der Waals surface area contributed by atoms with Crippen LogP contribution < -0.4 is 5.32 Å². The molecule has 0 fully saturated rings. The summed E-state index contributed by atoms with van der Waals surface area (Å²) in [7, 11) is 1.93. The van der Waals surface area contributed by atoms with Crippen LogP contribution in [0.4, 0.5) is 0 Å². The molecule has 1 atom stereocenters. The van der Waals surface area contributed by atoms with Crippen LogP contribution in [0.25, 0.3) is 0 Å². The van der Waals surface area contributed by atoms with Crippen LogP contribution in [0, 0.1) is 3.57 Å². The summed E-state index contributed by atoms with van der Waals surface area (Å²) in [5.74, 6) is 0.909. The second-order valence-electron chi connectivity index (χ2n) is 3.38. The van der Waals surface area contributed by atoms with Gasteiger partial charge in [-0.1, -0.05) is 18.2 Å². The lowest BCUT2D eigenvalue weighted by Gasteiger charge is -2.16. The Morgan fingerprint density at radius 1 is 1.31 bits per heavy atom. The van der Waals surface area contributed by atoms with Gasteiger partial charge in [-0.05, 0) is 63.3 Å². The fourth-order valence-electron chi connectivity index (χ4n) is 1.65. The highest BCUT2D eigenvalue weighted by Crippen LogP contribution is 2.31. The van der Waals surface area contributed by atoms with Crippen LogP contribution >= 0.6 is 38.5 Å². The SMILES string of the molecule is CNC(c1ccccc1I)c1occc1Br. The smallest absolute Gasteiger partial charge is 0.139 e. The van der Waals surface area contributed by atoms with Crippen molar-refractivity contribution in [1.82, 2.24) is 5.32 Å². The number of hydrogen-bond donors (Lipinski definition) is 1. The van der Waals surface area contributed by atoms with E-state index >= 15 is 0 Å². The number of hydrogen-bond acceptors (Lipinski definition) is 2. The Hall–Kier alpha value is -0.330. The molecule has 4 heteroatoms. The van der Waals surface area contributed by atoms with Crippen molar-refractivity contribution < 1.29 is 4.42 Å². The third kappa shape index (κ3) is 2.33. The summed E-state index contributed by atoms with van der Waals surface area (Å²) >= 11 is 5.83. The summed E-state index contributed by atoms with van der Waals surface area (Å²) < 4.78 is 7.73. The highest BCUT2D eigenvalue weighted by atomic mass is 127. The molecule has 1 aromatic carbocycles. The van der Waals surface area contributed by atoms with E-state index in [-0.39, 0.29) is 6.04 Å². The summed E-state index contributed by atoms with van der Waals surface area (Å²) in [4.78, 5) is 0. The third-order valence-electron chi connectivity index (χ3n) is 2.41. The molecule has 1 aromatic heterocycles.